The van der Waals surface area contributed by atoms with Gasteiger partial charge in [0.25, 0.3) is 0 Å². The Labute approximate surface area is 207 Å². The minimum Gasteiger partial charge on any atom is -0.497 e. The number of ether oxygens (including phenoxy) is 1. The second kappa shape index (κ2) is 12.1. The average molecular weight is 548 g/mol. The zero-order valence-electron chi connectivity index (χ0n) is 18.8. The zero-order valence-corrected chi connectivity index (χ0v) is 21.1. The number of rotatable bonds is 8. The quantitative estimate of drug-likeness (QED) is 0.227. The highest BCUT2D eigenvalue weighted by Crippen LogP contribution is 2.27. The Kier molecular flexibility index (Phi) is 9.16. The molecule has 1 fully saturated rings. The van der Waals surface area contributed by atoms with Crippen LogP contribution < -0.4 is 15.4 Å². The Hall–Kier alpha value is -2.33. The minimum atomic E-state index is 0. The molecule has 1 atom stereocenters. The van der Waals surface area contributed by atoms with Crippen molar-refractivity contribution in [3.8, 4) is 5.75 Å². The van der Waals surface area contributed by atoms with Crippen LogP contribution in [0.15, 0.2) is 53.5 Å². The van der Waals surface area contributed by atoms with Crippen LogP contribution in [-0.4, -0.2) is 61.2 Å². The molecule has 2 heterocycles. The van der Waals surface area contributed by atoms with Crippen LogP contribution in [0.2, 0.25) is 0 Å². The van der Waals surface area contributed by atoms with E-state index in [1.165, 1.54) is 18.4 Å². The zero-order chi connectivity index (χ0) is 21.5. The van der Waals surface area contributed by atoms with Crippen LogP contribution in [0, 0.1) is 0 Å². The molecule has 1 aliphatic heterocycles. The lowest BCUT2D eigenvalue weighted by molar-refractivity contribution is 0.245. The number of benzene rings is 2. The molecule has 1 aromatic heterocycles. The van der Waals surface area contributed by atoms with Crippen LogP contribution in [0.5, 0.6) is 5.75 Å². The van der Waals surface area contributed by atoms with Crippen molar-refractivity contribution in [2.75, 3.05) is 40.3 Å². The van der Waals surface area contributed by atoms with Crippen molar-refractivity contribution in [2.45, 2.75) is 25.3 Å². The Balaban J connectivity index is 0.00000289. The standard InChI is InChI=1S/C24H32N6O.HI/c1-25-24(26-13-12-23-28-20-10-3-4-11-21(20)29-23)27-17-22(30-14-5-6-15-30)18-8-7-9-19(16-18)31-2;/h3-4,7-11,16,22H,5-6,12-15,17H2,1-2H3,(H,28,29)(H2,25,26,27);1H. The molecule has 3 aromatic rings. The Morgan fingerprint density at radius 2 is 1.97 bits per heavy atom. The van der Waals surface area contributed by atoms with Crippen molar-refractivity contribution < 1.29 is 4.74 Å². The summed E-state index contributed by atoms with van der Waals surface area (Å²) in [5.41, 5.74) is 3.35. The van der Waals surface area contributed by atoms with Gasteiger partial charge < -0.3 is 20.4 Å². The lowest BCUT2D eigenvalue weighted by atomic mass is 10.1. The molecule has 8 heteroatoms. The lowest BCUT2D eigenvalue weighted by Gasteiger charge is -2.29. The molecular weight excluding hydrogens is 515 g/mol. The van der Waals surface area contributed by atoms with Gasteiger partial charge in [-0.25, -0.2) is 4.98 Å². The number of hydrogen-bond acceptors (Lipinski definition) is 4. The summed E-state index contributed by atoms with van der Waals surface area (Å²) in [5.74, 6) is 2.69. The van der Waals surface area contributed by atoms with E-state index >= 15 is 0 Å². The molecule has 1 saturated heterocycles. The number of nitrogens with one attached hydrogen (secondary N) is 3. The fourth-order valence-corrected chi connectivity index (χ4v) is 4.20. The Morgan fingerprint density at radius 3 is 2.72 bits per heavy atom. The molecular formula is C24H33IN6O. The number of nitrogens with zero attached hydrogens (tertiary/aromatic N) is 3. The summed E-state index contributed by atoms with van der Waals surface area (Å²) < 4.78 is 5.45. The molecule has 0 spiro atoms. The Bertz CT molecular complexity index is 981. The van der Waals surface area contributed by atoms with Gasteiger partial charge in [-0.05, 0) is 55.8 Å². The minimum absolute atomic E-state index is 0. The fourth-order valence-electron chi connectivity index (χ4n) is 4.20. The van der Waals surface area contributed by atoms with Gasteiger partial charge in [0.05, 0.1) is 24.2 Å². The first kappa shape index (κ1) is 24.3. The molecule has 2 aromatic carbocycles. The predicted molar refractivity (Wildman–Crippen MR) is 141 cm³/mol. The van der Waals surface area contributed by atoms with Crippen LogP contribution in [0.1, 0.15) is 30.3 Å². The first-order chi connectivity index (χ1) is 15.3. The normalized spacial score (nSPS) is 15.4. The lowest BCUT2D eigenvalue weighted by Crippen LogP contribution is -2.43. The summed E-state index contributed by atoms with van der Waals surface area (Å²) in [6.45, 7) is 3.80. The van der Waals surface area contributed by atoms with Gasteiger partial charge in [-0.2, -0.15) is 0 Å². The van der Waals surface area contributed by atoms with Gasteiger partial charge >= 0.3 is 0 Å². The molecule has 0 aliphatic carbocycles. The van der Waals surface area contributed by atoms with E-state index in [0.717, 1.165) is 61.2 Å². The van der Waals surface area contributed by atoms with Crippen LogP contribution in [-0.2, 0) is 6.42 Å². The van der Waals surface area contributed by atoms with Gasteiger partial charge in [0.15, 0.2) is 5.96 Å². The average Bonchev–Trinajstić information content (AvgIpc) is 3.48. The number of halogens is 1. The molecule has 0 bridgehead atoms. The number of aliphatic imine (C=N–C) groups is 1. The summed E-state index contributed by atoms with van der Waals surface area (Å²) in [6.07, 6.45) is 3.32. The summed E-state index contributed by atoms with van der Waals surface area (Å²) in [7, 11) is 3.53. The van der Waals surface area contributed by atoms with Crippen LogP contribution in [0.3, 0.4) is 0 Å². The highest BCUT2D eigenvalue weighted by atomic mass is 127. The molecule has 0 saturated carbocycles. The maximum atomic E-state index is 5.45. The van der Waals surface area contributed by atoms with Crippen molar-refractivity contribution in [3.05, 3.63) is 59.9 Å². The van der Waals surface area contributed by atoms with E-state index in [2.05, 4.69) is 54.8 Å². The molecule has 1 aliphatic rings. The maximum Gasteiger partial charge on any atom is 0.191 e. The predicted octanol–water partition coefficient (Wildman–Crippen LogP) is 3.73. The first-order valence-corrected chi connectivity index (χ1v) is 11.0. The van der Waals surface area contributed by atoms with Crippen molar-refractivity contribution in [1.29, 1.82) is 0 Å². The number of guanidine groups is 1. The summed E-state index contributed by atoms with van der Waals surface area (Å²) in [5, 5.41) is 6.94. The van der Waals surface area contributed by atoms with Crippen molar-refractivity contribution >= 4 is 41.0 Å². The van der Waals surface area contributed by atoms with Gasteiger partial charge in [-0.1, -0.05) is 24.3 Å². The Morgan fingerprint density at radius 1 is 1.16 bits per heavy atom. The number of aromatic nitrogens is 2. The molecule has 3 N–H and O–H groups in total. The summed E-state index contributed by atoms with van der Waals surface area (Å²) >= 11 is 0. The third kappa shape index (κ3) is 6.13. The number of aromatic amines is 1. The number of imidazole rings is 1. The highest BCUT2D eigenvalue weighted by molar-refractivity contribution is 14.0. The van der Waals surface area contributed by atoms with Crippen LogP contribution in [0.4, 0.5) is 0 Å². The number of methoxy groups -OCH3 is 1. The molecule has 1 unspecified atom stereocenters. The maximum absolute atomic E-state index is 5.45. The van der Waals surface area contributed by atoms with E-state index in [0.29, 0.717) is 0 Å². The largest absolute Gasteiger partial charge is 0.497 e. The molecule has 172 valence electrons. The first-order valence-electron chi connectivity index (χ1n) is 11.0. The van der Waals surface area contributed by atoms with Crippen molar-refractivity contribution in [3.63, 3.8) is 0 Å². The number of H-pyrrole nitrogens is 1. The van der Waals surface area contributed by atoms with E-state index in [1.54, 1.807) is 7.11 Å². The highest BCUT2D eigenvalue weighted by Gasteiger charge is 2.24. The monoisotopic (exact) mass is 548 g/mol. The SMILES string of the molecule is CN=C(NCCc1nc2ccccc2[nH]1)NCC(c1cccc(OC)c1)N1CCCC1.I. The fraction of sp³-hybridized carbons (Fsp3) is 0.417. The van der Waals surface area contributed by atoms with Gasteiger partial charge in [0.2, 0.25) is 0 Å². The second-order valence-electron chi connectivity index (χ2n) is 7.87. The number of fused-ring (bicyclic) bond motifs is 1. The van der Waals surface area contributed by atoms with Gasteiger partial charge in [-0.3, -0.25) is 9.89 Å². The third-order valence-electron chi connectivity index (χ3n) is 5.84. The smallest absolute Gasteiger partial charge is 0.191 e. The summed E-state index contributed by atoms with van der Waals surface area (Å²) in [4.78, 5) is 15.0. The van der Waals surface area contributed by atoms with Crippen LogP contribution in [0.25, 0.3) is 11.0 Å². The number of likely N-dealkylation sites (tertiary alicyclic amines) is 1. The van der Waals surface area contributed by atoms with Gasteiger partial charge in [0, 0.05) is 26.6 Å². The van der Waals surface area contributed by atoms with Crippen molar-refractivity contribution in [2.24, 2.45) is 4.99 Å². The van der Waals surface area contributed by atoms with Crippen molar-refractivity contribution in [1.82, 2.24) is 25.5 Å². The molecule has 4 rings (SSSR count). The van der Waals surface area contributed by atoms with Gasteiger partial charge in [0.1, 0.15) is 11.6 Å². The molecule has 32 heavy (non-hydrogen) atoms. The van der Waals surface area contributed by atoms with E-state index in [-0.39, 0.29) is 30.0 Å². The third-order valence-corrected chi connectivity index (χ3v) is 5.84. The molecule has 0 radical (unpaired) electrons. The van der Waals surface area contributed by atoms with E-state index in [9.17, 15) is 0 Å². The van der Waals surface area contributed by atoms with E-state index in [4.69, 9.17) is 4.74 Å². The number of para-hydroxylation sites is 2. The molecule has 0 amide bonds. The van der Waals surface area contributed by atoms with Crippen LogP contribution >= 0.6 is 24.0 Å². The van der Waals surface area contributed by atoms with E-state index < -0.39 is 0 Å². The topological polar surface area (TPSA) is 77.6 Å². The molecule has 7 nitrogen and oxygen atoms in total. The van der Waals surface area contributed by atoms with E-state index in [1.807, 2.05) is 31.3 Å². The number of hydrogen-bond donors (Lipinski definition) is 3. The second-order valence-corrected chi connectivity index (χ2v) is 7.87. The summed E-state index contributed by atoms with van der Waals surface area (Å²) in [6, 6.07) is 16.8. The van der Waals surface area contributed by atoms with Gasteiger partial charge in [-0.15, -0.1) is 24.0 Å².